The summed E-state index contributed by atoms with van der Waals surface area (Å²) in [4.78, 5) is 43.9. The summed E-state index contributed by atoms with van der Waals surface area (Å²) >= 11 is 2.91. The largest absolute Gasteiger partial charge is 0.463 e. The maximum atomic E-state index is 12.9. The van der Waals surface area contributed by atoms with E-state index in [1.807, 2.05) is 0 Å². The number of esters is 1. The minimum absolute atomic E-state index is 0.0424. The molecular formula is C19H22N4O4S2. The standard InChI is InChI=1S/C19H22N4O4S2/c1-4-27-17(25)13-9(2)20-18(26)21-11(13)8-28-19-22-15-14(16(24)23(19)3)10-6-5-7-12(10)29-15/h9H,4-8H2,1-3H3,(H2,20,21,26)/t9-/m1/s1. The summed E-state index contributed by atoms with van der Waals surface area (Å²) in [6, 6.07) is -0.828. The number of amides is 2. The maximum absolute atomic E-state index is 12.9. The monoisotopic (exact) mass is 434 g/mol. The van der Waals surface area contributed by atoms with Crippen LogP contribution in [-0.4, -0.2) is 40.0 Å². The van der Waals surface area contributed by atoms with Gasteiger partial charge in [-0.15, -0.1) is 11.3 Å². The minimum Gasteiger partial charge on any atom is -0.463 e. The molecule has 1 aliphatic heterocycles. The van der Waals surface area contributed by atoms with Gasteiger partial charge in [0.05, 0.1) is 23.6 Å². The molecule has 2 aromatic heterocycles. The molecule has 2 aromatic rings. The summed E-state index contributed by atoms with van der Waals surface area (Å²) in [5.74, 6) is -0.168. The highest BCUT2D eigenvalue weighted by Gasteiger charge is 2.30. The quantitative estimate of drug-likeness (QED) is 0.424. The average molecular weight is 435 g/mol. The van der Waals surface area contributed by atoms with Crippen LogP contribution < -0.4 is 16.2 Å². The van der Waals surface area contributed by atoms with Crippen LogP contribution in [0.2, 0.25) is 0 Å². The summed E-state index contributed by atoms with van der Waals surface area (Å²) < 4.78 is 6.69. The molecule has 8 nitrogen and oxygen atoms in total. The number of hydrogen-bond donors (Lipinski definition) is 2. The zero-order chi connectivity index (χ0) is 20.7. The number of carbonyl (C=O) groups excluding carboxylic acids is 2. The fraction of sp³-hybridized carbons (Fsp3) is 0.474. The summed E-state index contributed by atoms with van der Waals surface area (Å²) in [5.41, 5.74) is 1.98. The predicted molar refractivity (Wildman–Crippen MR) is 112 cm³/mol. The number of urea groups is 1. The van der Waals surface area contributed by atoms with Crippen LogP contribution in [0, 0.1) is 0 Å². The van der Waals surface area contributed by atoms with Gasteiger partial charge in [-0.05, 0) is 38.7 Å². The summed E-state index contributed by atoms with van der Waals surface area (Å²) in [7, 11) is 1.71. The van der Waals surface area contributed by atoms with E-state index in [1.54, 1.807) is 36.8 Å². The van der Waals surface area contributed by atoms with Crippen molar-refractivity contribution in [2.24, 2.45) is 7.05 Å². The fourth-order valence-corrected chi connectivity index (χ4v) is 6.01. The number of ether oxygens (including phenoxy) is 1. The lowest BCUT2D eigenvalue weighted by atomic mass is 10.1. The molecule has 154 valence electrons. The Hall–Kier alpha value is -2.33. The van der Waals surface area contributed by atoms with Crippen molar-refractivity contribution in [3.05, 3.63) is 32.1 Å². The van der Waals surface area contributed by atoms with Crippen LogP contribution in [-0.2, 0) is 29.4 Å². The van der Waals surface area contributed by atoms with Gasteiger partial charge in [0.2, 0.25) is 0 Å². The van der Waals surface area contributed by atoms with Gasteiger partial charge < -0.3 is 15.4 Å². The number of carbonyl (C=O) groups is 2. The molecule has 0 aromatic carbocycles. The van der Waals surface area contributed by atoms with Gasteiger partial charge in [0.25, 0.3) is 5.56 Å². The fourth-order valence-electron chi connectivity index (χ4n) is 3.76. The van der Waals surface area contributed by atoms with Crippen molar-refractivity contribution in [1.29, 1.82) is 0 Å². The molecule has 1 atom stereocenters. The third-order valence-corrected chi connectivity index (χ3v) is 7.36. The van der Waals surface area contributed by atoms with Crippen molar-refractivity contribution in [1.82, 2.24) is 20.2 Å². The first-order chi connectivity index (χ1) is 13.9. The molecule has 4 rings (SSSR count). The second-order valence-corrected chi connectivity index (χ2v) is 9.04. The Bertz CT molecular complexity index is 1100. The van der Waals surface area contributed by atoms with E-state index in [-0.39, 0.29) is 18.2 Å². The first-order valence-corrected chi connectivity index (χ1v) is 11.3. The van der Waals surface area contributed by atoms with Gasteiger partial charge >= 0.3 is 12.0 Å². The highest BCUT2D eigenvalue weighted by atomic mass is 32.2. The van der Waals surface area contributed by atoms with E-state index in [9.17, 15) is 14.4 Å². The van der Waals surface area contributed by atoms with Crippen LogP contribution in [0.15, 0.2) is 21.2 Å². The summed E-state index contributed by atoms with van der Waals surface area (Å²) in [6.07, 6.45) is 3.04. The number of thiophene rings is 1. The second kappa shape index (κ2) is 7.83. The molecule has 29 heavy (non-hydrogen) atoms. The smallest absolute Gasteiger partial charge is 0.337 e. The van der Waals surface area contributed by atoms with Crippen molar-refractivity contribution < 1.29 is 14.3 Å². The Morgan fingerprint density at radius 3 is 2.93 bits per heavy atom. The van der Waals surface area contributed by atoms with E-state index in [0.29, 0.717) is 22.2 Å². The van der Waals surface area contributed by atoms with Gasteiger partial charge in [0, 0.05) is 23.4 Å². The van der Waals surface area contributed by atoms with E-state index < -0.39 is 12.0 Å². The van der Waals surface area contributed by atoms with Crippen molar-refractivity contribution in [3.8, 4) is 0 Å². The van der Waals surface area contributed by atoms with E-state index in [4.69, 9.17) is 9.72 Å². The van der Waals surface area contributed by atoms with Gasteiger partial charge in [-0.3, -0.25) is 9.36 Å². The normalized spacial score (nSPS) is 18.6. The Balaban J connectivity index is 1.67. The lowest BCUT2D eigenvalue weighted by Crippen LogP contribution is -2.49. The second-order valence-electron chi connectivity index (χ2n) is 7.02. The van der Waals surface area contributed by atoms with Gasteiger partial charge in [0.15, 0.2) is 5.16 Å². The Labute approximate surface area is 175 Å². The number of nitrogens with one attached hydrogen (secondary N) is 2. The average Bonchev–Trinajstić information content (AvgIpc) is 3.23. The van der Waals surface area contributed by atoms with Crippen molar-refractivity contribution >= 4 is 45.3 Å². The third-order valence-electron chi connectivity index (χ3n) is 5.12. The number of fused-ring (bicyclic) bond motifs is 3. The van der Waals surface area contributed by atoms with Crippen LogP contribution in [0.1, 0.15) is 30.7 Å². The Morgan fingerprint density at radius 1 is 1.38 bits per heavy atom. The van der Waals surface area contributed by atoms with Crippen LogP contribution in [0.4, 0.5) is 4.79 Å². The lowest BCUT2D eigenvalue weighted by molar-refractivity contribution is -0.138. The molecule has 0 saturated carbocycles. The first-order valence-electron chi connectivity index (χ1n) is 9.52. The number of hydrogen-bond acceptors (Lipinski definition) is 7. The molecule has 0 spiro atoms. The minimum atomic E-state index is -0.463. The van der Waals surface area contributed by atoms with Crippen LogP contribution in [0.5, 0.6) is 0 Å². The van der Waals surface area contributed by atoms with Gasteiger partial charge in [0.1, 0.15) is 4.83 Å². The summed E-state index contributed by atoms with van der Waals surface area (Å²) in [5, 5.41) is 6.68. The molecular weight excluding hydrogens is 412 g/mol. The van der Waals surface area contributed by atoms with Crippen LogP contribution in [0.3, 0.4) is 0 Å². The molecule has 2 aliphatic rings. The maximum Gasteiger partial charge on any atom is 0.337 e. The molecule has 3 heterocycles. The van der Waals surface area contributed by atoms with Crippen molar-refractivity contribution in [2.75, 3.05) is 12.4 Å². The molecule has 0 unspecified atom stereocenters. The van der Waals surface area contributed by atoms with E-state index in [2.05, 4.69) is 10.6 Å². The highest BCUT2D eigenvalue weighted by Crippen LogP contribution is 2.35. The molecule has 0 saturated heterocycles. The SMILES string of the molecule is CCOC(=O)C1=C(CSc2nc3sc4c(c3c(=O)n2C)CCC4)NC(=O)N[C@@H]1C. The molecule has 0 radical (unpaired) electrons. The number of nitrogens with zero attached hydrogens (tertiary/aromatic N) is 2. The zero-order valence-corrected chi connectivity index (χ0v) is 18.1. The Morgan fingerprint density at radius 2 is 2.17 bits per heavy atom. The molecule has 10 heteroatoms. The van der Waals surface area contributed by atoms with Crippen LogP contribution in [0.25, 0.3) is 10.2 Å². The van der Waals surface area contributed by atoms with Gasteiger partial charge in [-0.2, -0.15) is 0 Å². The van der Waals surface area contributed by atoms with Crippen molar-refractivity contribution in [3.63, 3.8) is 0 Å². The summed E-state index contributed by atoms with van der Waals surface area (Å²) in [6.45, 7) is 3.72. The molecule has 2 N–H and O–H groups in total. The van der Waals surface area contributed by atoms with Crippen LogP contribution >= 0.6 is 23.1 Å². The zero-order valence-electron chi connectivity index (χ0n) is 16.5. The first kappa shape index (κ1) is 20.0. The van der Waals surface area contributed by atoms with E-state index >= 15 is 0 Å². The third kappa shape index (κ3) is 3.55. The predicted octanol–water partition coefficient (Wildman–Crippen LogP) is 2.09. The molecule has 0 fully saturated rings. The van der Waals surface area contributed by atoms with E-state index in [1.165, 1.54) is 16.6 Å². The number of rotatable bonds is 5. The highest BCUT2D eigenvalue weighted by molar-refractivity contribution is 7.99. The lowest BCUT2D eigenvalue weighted by Gasteiger charge is -2.26. The number of aromatic nitrogens is 2. The van der Waals surface area contributed by atoms with Crippen molar-refractivity contribution in [2.45, 2.75) is 44.3 Å². The molecule has 0 bridgehead atoms. The molecule has 1 aliphatic carbocycles. The topological polar surface area (TPSA) is 102 Å². The number of aryl methyl sites for hydroxylation is 2. The molecule has 2 amide bonds. The van der Waals surface area contributed by atoms with Gasteiger partial charge in [-0.25, -0.2) is 14.6 Å². The van der Waals surface area contributed by atoms with E-state index in [0.717, 1.165) is 35.0 Å². The van der Waals surface area contributed by atoms with Gasteiger partial charge in [-0.1, -0.05) is 11.8 Å². The number of thioether (sulfide) groups is 1. The Kier molecular flexibility index (Phi) is 5.39.